The molecule has 0 aliphatic carbocycles. The minimum Gasteiger partial charge on any atom is -0.478 e. The molecule has 4 N–H and O–H groups in total. The molecule has 0 aliphatic rings. The molecule has 0 aliphatic heterocycles. The summed E-state index contributed by atoms with van der Waals surface area (Å²) in [6, 6.07) is 4.30. The van der Waals surface area contributed by atoms with Crippen molar-refractivity contribution in [2.24, 2.45) is 5.92 Å². The third-order valence-electron chi connectivity index (χ3n) is 4.59. The van der Waals surface area contributed by atoms with Crippen LogP contribution in [-0.2, 0) is 0 Å². The number of hydrogen-bond donors (Lipinski definition) is 4. The second-order valence-corrected chi connectivity index (χ2v) is 7.91. The van der Waals surface area contributed by atoms with E-state index < -0.39 is 5.97 Å². The highest BCUT2D eigenvalue weighted by atomic mass is 35.5. The van der Waals surface area contributed by atoms with Crippen molar-refractivity contribution in [1.82, 2.24) is 25.0 Å². The molecule has 0 amide bonds. The van der Waals surface area contributed by atoms with Crippen LogP contribution in [-0.4, -0.2) is 53.8 Å². The van der Waals surface area contributed by atoms with Gasteiger partial charge in [-0.3, -0.25) is 0 Å². The standard InChI is InChI=1S/C19H24ClN7O3/c1-9(2)14(8-28)22-19-23-16(15-17(24-19)27(10(3)4)26-25-15)21-11-5-6-12(18(29)30)13(20)7-11/h5-7,9-10,14,28H,8H2,1-4H3,(H,29,30)(H2,21,22,23,24). The van der Waals surface area contributed by atoms with E-state index in [1.54, 1.807) is 10.7 Å². The van der Waals surface area contributed by atoms with Crippen LogP contribution >= 0.6 is 11.6 Å². The van der Waals surface area contributed by atoms with E-state index in [-0.39, 0.29) is 35.2 Å². The van der Waals surface area contributed by atoms with Crippen LogP contribution in [0.2, 0.25) is 5.02 Å². The predicted octanol–water partition coefficient (Wildman–Crippen LogP) is 3.33. The smallest absolute Gasteiger partial charge is 0.337 e. The first kappa shape index (κ1) is 21.7. The number of carbonyl (C=O) groups is 1. The number of aliphatic hydroxyl groups is 1. The number of benzene rings is 1. The number of rotatable bonds is 8. The Morgan fingerprint density at radius 3 is 2.53 bits per heavy atom. The number of halogens is 1. The van der Waals surface area contributed by atoms with Gasteiger partial charge in [0.15, 0.2) is 17.0 Å². The molecule has 160 valence electrons. The highest BCUT2D eigenvalue weighted by Crippen LogP contribution is 2.28. The second-order valence-electron chi connectivity index (χ2n) is 7.50. The number of fused-ring (bicyclic) bond motifs is 1. The van der Waals surface area contributed by atoms with Crippen LogP contribution in [0.25, 0.3) is 11.2 Å². The zero-order valence-corrected chi connectivity index (χ0v) is 17.8. The molecule has 0 fully saturated rings. The summed E-state index contributed by atoms with van der Waals surface area (Å²) in [5.74, 6) is -0.253. The lowest BCUT2D eigenvalue weighted by Gasteiger charge is -2.20. The summed E-state index contributed by atoms with van der Waals surface area (Å²) in [6.07, 6.45) is 0. The van der Waals surface area contributed by atoms with Crippen LogP contribution < -0.4 is 10.6 Å². The Morgan fingerprint density at radius 2 is 1.97 bits per heavy atom. The van der Waals surface area contributed by atoms with E-state index in [0.717, 1.165) is 0 Å². The zero-order chi connectivity index (χ0) is 22.0. The molecule has 1 atom stereocenters. The fourth-order valence-corrected chi connectivity index (χ4v) is 3.08. The van der Waals surface area contributed by atoms with Gasteiger partial charge in [-0.15, -0.1) is 5.10 Å². The Labute approximate surface area is 178 Å². The molecule has 2 aromatic heterocycles. The second kappa shape index (κ2) is 8.80. The first-order valence-corrected chi connectivity index (χ1v) is 9.89. The van der Waals surface area contributed by atoms with Crippen molar-refractivity contribution < 1.29 is 15.0 Å². The summed E-state index contributed by atoms with van der Waals surface area (Å²) >= 11 is 6.08. The third-order valence-corrected chi connectivity index (χ3v) is 4.90. The molecule has 0 spiro atoms. The van der Waals surface area contributed by atoms with Crippen molar-refractivity contribution in [2.75, 3.05) is 17.2 Å². The number of aromatic carboxylic acids is 1. The average molecular weight is 434 g/mol. The molecule has 3 aromatic rings. The number of carboxylic acid groups (broad SMARTS) is 1. The quantitative estimate of drug-likeness (QED) is 0.421. The zero-order valence-electron chi connectivity index (χ0n) is 17.1. The lowest BCUT2D eigenvalue weighted by molar-refractivity contribution is 0.0697. The van der Waals surface area contributed by atoms with Gasteiger partial charge in [-0.1, -0.05) is 30.7 Å². The highest BCUT2D eigenvalue weighted by molar-refractivity contribution is 6.33. The van der Waals surface area contributed by atoms with E-state index in [9.17, 15) is 9.90 Å². The molecule has 3 rings (SSSR count). The summed E-state index contributed by atoms with van der Waals surface area (Å²) in [6.45, 7) is 7.82. The van der Waals surface area contributed by atoms with Crippen LogP contribution in [0.15, 0.2) is 18.2 Å². The van der Waals surface area contributed by atoms with E-state index in [1.165, 1.54) is 12.1 Å². The topological polar surface area (TPSA) is 138 Å². The highest BCUT2D eigenvalue weighted by Gasteiger charge is 2.20. The van der Waals surface area contributed by atoms with Crippen molar-refractivity contribution in [3.05, 3.63) is 28.8 Å². The minimum atomic E-state index is -1.11. The maximum absolute atomic E-state index is 11.2. The Kier molecular flexibility index (Phi) is 6.37. The summed E-state index contributed by atoms with van der Waals surface area (Å²) in [5, 5.41) is 33.6. The fourth-order valence-electron chi connectivity index (χ4n) is 2.82. The van der Waals surface area contributed by atoms with Gasteiger partial charge >= 0.3 is 5.97 Å². The lowest BCUT2D eigenvalue weighted by atomic mass is 10.1. The number of nitrogens with one attached hydrogen (secondary N) is 2. The number of anilines is 3. The van der Waals surface area contributed by atoms with Gasteiger partial charge in [0, 0.05) is 5.69 Å². The molecule has 30 heavy (non-hydrogen) atoms. The van der Waals surface area contributed by atoms with E-state index in [2.05, 4.69) is 30.9 Å². The van der Waals surface area contributed by atoms with Gasteiger partial charge in [-0.25, -0.2) is 9.48 Å². The average Bonchev–Trinajstić information content (AvgIpc) is 3.10. The maximum atomic E-state index is 11.2. The molecule has 0 bridgehead atoms. The Hall–Kier alpha value is -2.98. The number of carboxylic acids is 1. The summed E-state index contributed by atoms with van der Waals surface area (Å²) in [4.78, 5) is 20.2. The molecule has 0 saturated heterocycles. The fraction of sp³-hybridized carbons (Fsp3) is 0.421. The van der Waals surface area contributed by atoms with Gasteiger partial charge in [-0.2, -0.15) is 9.97 Å². The third kappa shape index (κ3) is 4.44. The van der Waals surface area contributed by atoms with Gasteiger partial charge in [-0.05, 0) is 38.0 Å². The Bertz CT molecular complexity index is 1070. The maximum Gasteiger partial charge on any atom is 0.337 e. The predicted molar refractivity (Wildman–Crippen MR) is 115 cm³/mol. The molecule has 0 radical (unpaired) electrons. The first-order valence-electron chi connectivity index (χ1n) is 9.51. The number of nitrogens with zero attached hydrogens (tertiary/aromatic N) is 5. The van der Waals surface area contributed by atoms with E-state index >= 15 is 0 Å². The first-order chi connectivity index (χ1) is 14.2. The molecule has 2 heterocycles. The largest absolute Gasteiger partial charge is 0.478 e. The normalized spacial score (nSPS) is 12.5. The molecule has 1 aromatic carbocycles. The van der Waals surface area contributed by atoms with Crippen molar-refractivity contribution in [3.63, 3.8) is 0 Å². The van der Waals surface area contributed by atoms with Gasteiger partial charge in [0.05, 0.1) is 29.3 Å². The monoisotopic (exact) mass is 433 g/mol. The van der Waals surface area contributed by atoms with Crippen molar-refractivity contribution >= 4 is 46.2 Å². The van der Waals surface area contributed by atoms with Crippen LogP contribution in [0.5, 0.6) is 0 Å². The van der Waals surface area contributed by atoms with Gasteiger partial charge in [0.25, 0.3) is 0 Å². The lowest BCUT2D eigenvalue weighted by Crippen LogP contribution is -2.30. The van der Waals surface area contributed by atoms with Crippen LogP contribution in [0.3, 0.4) is 0 Å². The molecule has 1 unspecified atom stereocenters. The molecular weight excluding hydrogens is 410 g/mol. The summed E-state index contributed by atoms with van der Waals surface area (Å²) in [7, 11) is 0. The molecule has 11 heteroatoms. The summed E-state index contributed by atoms with van der Waals surface area (Å²) < 4.78 is 1.68. The Balaban J connectivity index is 2.06. The molecular formula is C19H24ClN7O3. The molecule has 10 nitrogen and oxygen atoms in total. The van der Waals surface area contributed by atoms with Crippen LogP contribution in [0, 0.1) is 5.92 Å². The summed E-state index contributed by atoms with van der Waals surface area (Å²) in [5.41, 5.74) is 1.53. The minimum absolute atomic E-state index is 0.00544. The number of aromatic nitrogens is 5. The van der Waals surface area contributed by atoms with Crippen molar-refractivity contribution in [3.8, 4) is 0 Å². The van der Waals surface area contributed by atoms with Crippen molar-refractivity contribution in [2.45, 2.75) is 39.8 Å². The number of hydrogen-bond acceptors (Lipinski definition) is 8. The number of aliphatic hydroxyl groups excluding tert-OH is 1. The van der Waals surface area contributed by atoms with Gasteiger partial charge in [0.2, 0.25) is 5.95 Å². The van der Waals surface area contributed by atoms with Gasteiger partial charge in [0.1, 0.15) is 0 Å². The SMILES string of the molecule is CC(C)C(CO)Nc1nc(Nc2ccc(C(=O)O)c(Cl)c2)c2nnn(C(C)C)c2n1. The van der Waals surface area contributed by atoms with Gasteiger partial charge < -0.3 is 20.8 Å². The van der Waals surface area contributed by atoms with Crippen LogP contribution in [0.4, 0.5) is 17.5 Å². The van der Waals surface area contributed by atoms with Crippen LogP contribution in [0.1, 0.15) is 44.1 Å². The van der Waals surface area contributed by atoms with E-state index in [4.69, 9.17) is 16.7 Å². The van der Waals surface area contributed by atoms with Crippen molar-refractivity contribution in [1.29, 1.82) is 0 Å². The van der Waals surface area contributed by atoms with E-state index in [0.29, 0.717) is 28.6 Å². The van der Waals surface area contributed by atoms with E-state index in [1.807, 2.05) is 27.7 Å². The molecule has 0 saturated carbocycles. The Morgan fingerprint density at radius 1 is 1.23 bits per heavy atom.